The number of pyridine rings is 1. The molecule has 1 aromatic rings. The zero-order valence-electron chi connectivity index (χ0n) is 8.98. The normalized spacial score (nSPS) is 11.7. The van der Waals surface area contributed by atoms with Crippen LogP contribution < -0.4 is 5.32 Å². The first-order chi connectivity index (χ1) is 7.20. The van der Waals surface area contributed by atoms with Crippen LogP contribution in [0.4, 0.5) is 0 Å². The Labute approximate surface area is 90.0 Å². The van der Waals surface area contributed by atoms with Crippen molar-refractivity contribution in [2.24, 2.45) is 0 Å². The van der Waals surface area contributed by atoms with E-state index in [9.17, 15) is 0 Å². The Balaban J connectivity index is 2.33. The highest BCUT2D eigenvalue weighted by Gasteiger charge is 2.20. The highest BCUT2D eigenvalue weighted by Crippen LogP contribution is 2.01. The van der Waals surface area contributed by atoms with Gasteiger partial charge in [0.25, 0.3) is 0 Å². The predicted molar refractivity (Wildman–Crippen MR) is 58.5 cm³/mol. The molecule has 15 heavy (non-hydrogen) atoms. The first kappa shape index (κ1) is 12.1. The van der Waals surface area contributed by atoms with Crippen molar-refractivity contribution in [3.8, 4) is 0 Å². The minimum absolute atomic E-state index is 0.0777. The number of aliphatic hydroxyl groups is 2. The SMILES string of the molecule is CC(CO)(CO)NCCc1ccccn1. The fourth-order valence-corrected chi connectivity index (χ4v) is 1.20. The van der Waals surface area contributed by atoms with Crippen molar-refractivity contribution in [3.05, 3.63) is 30.1 Å². The molecule has 0 aliphatic rings. The topological polar surface area (TPSA) is 65.4 Å². The molecule has 0 aliphatic carbocycles. The second kappa shape index (κ2) is 5.80. The molecule has 4 nitrogen and oxygen atoms in total. The molecule has 0 aliphatic heterocycles. The van der Waals surface area contributed by atoms with Gasteiger partial charge in [0.15, 0.2) is 0 Å². The number of rotatable bonds is 6. The van der Waals surface area contributed by atoms with Gasteiger partial charge >= 0.3 is 0 Å². The maximum Gasteiger partial charge on any atom is 0.0633 e. The Kier molecular flexibility index (Phi) is 4.68. The van der Waals surface area contributed by atoms with Crippen LogP contribution in [0.3, 0.4) is 0 Å². The van der Waals surface area contributed by atoms with E-state index >= 15 is 0 Å². The summed E-state index contributed by atoms with van der Waals surface area (Å²) in [6.07, 6.45) is 2.54. The molecular formula is C11H18N2O2. The quantitative estimate of drug-likeness (QED) is 0.616. The molecule has 1 rings (SSSR count). The Morgan fingerprint density at radius 2 is 2.07 bits per heavy atom. The summed E-state index contributed by atoms with van der Waals surface area (Å²) >= 11 is 0. The molecule has 4 heteroatoms. The smallest absolute Gasteiger partial charge is 0.0633 e. The second-order valence-electron chi connectivity index (χ2n) is 3.87. The molecular weight excluding hydrogens is 192 g/mol. The van der Waals surface area contributed by atoms with Gasteiger partial charge < -0.3 is 15.5 Å². The lowest BCUT2D eigenvalue weighted by atomic mass is 10.1. The number of nitrogens with one attached hydrogen (secondary N) is 1. The summed E-state index contributed by atoms with van der Waals surface area (Å²) in [5, 5.41) is 21.2. The third-order valence-corrected chi connectivity index (χ3v) is 2.36. The van der Waals surface area contributed by atoms with Crippen LogP contribution in [0.25, 0.3) is 0 Å². The van der Waals surface area contributed by atoms with Crippen molar-refractivity contribution in [3.63, 3.8) is 0 Å². The van der Waals surface area contributed by atoms with Gasteiger partial charge in [-0.05, 0) is 19.1 Å². The highest BCUT2D eigenvalue weighted by molar-refractivity contribution is 5.03. The second-order valence-corrected chi connectivity index (χ2v) is 3.87. The van der Waals surface area contributed by atoms with Crippen molar-refractivity contribution < 1.29 is 10.2 Å². The third kappa shape index (κ3) is 3.95. The molecule has 3 N–H and O–H groups in total. The number of aromatic nitrogens is 1. The van der Waals surface area contributed by atoms with Crippen molar-refractivity contribution >= 4 is 0 Å². The summed E-state index contributed by atoms with van der Waals surface area (Å²) < 4.78 is 0. The number of nitrogens with zero attached hydrogens (tertiary/aromatic N) is 1. The summed E-state index contributed by atoms with van der Waals surface area (Å²) in [6, 6.07) is 5.78. The van der Waals surface area contributed by atoms with Gasteiger partial charge in [0.2, 0.25) is 0 Å². The molecule has 1 aromatic heterocycles. The molecule has 0 aromatic carbocycles. The minimum atomic E-state index is -0.602. The summed E-state index contributed by atoms with van der Waals surface area (Å²) in [5.41, 5.74) is 0.401. The van der Waals surface area contributed by atoms with Crippen LogP contribution in [0, 0.1) is 0 Å². The zero-order chi connectivity index (χ0) is 11.1. The van der Waals surface area contributed by atoms with Gasteiger partial charge in [0.05, 0.1) is 18.8 Å². The van der Waals surface area contributed by atoms with Crippen LogP contribution >= 0.6 is 0 Å². The van der Waals surface area contributed by atoms with E-state index in [0.717, 1.165) is 12.1 Å². The molecule has 0 atom stereocenters. The average molecular weight is 210 g/mol. The van der Waals surface area contributed by atoms with Gasteiger partial charge in [-0.2, -0.15) is 0 Å². The zero-order valence-corrected chi connectivity index (χ0v) is 8.98. The molecule has 0 unspecified atom stereocenters. The average Bonchev–Trinajstić information content (AvgIpc) is 2.30. The van der Waals surface area contributed by atoms with Crippen LogP contribution in [-0.2, 0) is 6.42 Å². The van der Waals surface area contributed by atoms with Gasteiger partial charge in [-0.25, -0.2) is 0 Å². The van der Waals surface area contributed by atoms with E-state index < -0.39 is 5.54 Å². The maximum atomic E-state index is 9.04. The van der Waals surface area contributed by atoms with Crippen molar-refractivity contribution in [2.45, 2.75) is 18.9 Å². The van der Waals surface area contributed by atoms with E-state index in [1.807, 2.05) is 18.2 Å². The monoisotopic (exact) mass is 210 g/mol. The van der Waals surface area contributed by atoms with Crippen LogP contribution in [-0.4, -0.2) is 40.5 Å². The van der Waals surface area contributed by atoms with Gasteiger partial charge in [-0.1, -0.05) is 6.07 Å². The van der Waals surface area contributed by atoms with Crippen LogP contribution in [0.15, 0.2) is 24.4 Å². The number of hydrogen-bond acceptors (Lipinski definition) is 4. The number of hydrogen-bond donors (Lipinski definition) is 3. The Morgan fingerprint density at radius 3 is 2.60 bits per heavy atom. The predicted octanol–water partition coefficient (Wildman–Crippen LogP) is -0.0430. The fraction of sp³-hybridized carbons (Fsp3) is 0.545. The van der Waals surface area contributed by atoms with E-state index in [4.69, 9.17) is 10.2 Å². The molecule has 0 spiro atoms. The molecule has 0 amide bonds. The first-order valence-electron chi connectivity index (χ1n) is 5.07. The lowest BCUT2D eigenvalue weighted by molar-refractivity contribution is 0.105. The molecule has 84 valence electrons. The van der Waals surface area contributed by atoms with Crippen molar-refractivity contribution in [1.82, 2.24) is 10.3 Å². The lowest BCUT2D eigenvalue weighted by Crippen LogP contribution is -2.49. The molecule has 1 heterocycles. The summed E-state index contributed by atoms with van der Waals surface area (Å²) in [5.74, 6) is 0. The van der Waals surface area contributed by atoms with E-state index in [1.54, 1.807) is 13.1 Å². The minimum Gasteiger partial charge on any atom is -0.394 e. The van der Waals surface area contributed by atoms with Crippen molar-refractivity contribution in [2.75, 3.05) is 19.8 Å². The van der Waals surface area contributed by atoms with E-state index in [1.165, 1.54) is 0 Å². The van der Waals surface area contributed by atoms with Crippen LogP contribution in [0.1, 0.15) is 12.6 Å². The van der Waals surface area contributed by atoms with Gasteiger partial charge in [0.1, 0.15) is 0 Å². The Morgan fingerprint density at radius 1 is 1.33 bits per heavy atom. The summed E-state index contributed by atoms with van der Waals surface area (Å²) in [7, 11) is 0. The largest absolute Gasteiger partial charge is 0.394 e. The van der Waals surface area contributed by atoms with E-state index in [0.29, 0.717) is 6.54 Å². The summed E-state index contributed by atoms with van der Waals surface area (Å²) in [4.78, 5) is 4.18. The van der Waals surface area contributed by atoms with Gasteiger partial charge in [-0.15, -0.1) is 0 Å². The molecule has 0 saturated carbocycles. The van der Waals surface area contributed by atoms with Gasteiger partial charge in [-0.3, -0.25) is 4.98 Å². The lowest BCUT2D eigenvalue weighted by Gasteiger charge is -2.26. The molecule has 0 saturated heterocycles. The first-order valence-corrected chi connectivity index (χ1v) is 5.07. The standard InChI is InChI=1S/C11H18N2O2/c1-11(8-14,9-15)13-7-5-10-4-2-3-6-12-10/h2-4,6,13-15H,5,7-9H2,1H3. The fourth-order valence-electron chi connectivity index (χ4n) is 1.20. The van der Waals surface area contributed by atoms with E-state index in [-0.39, 0.29) is 13.2 Å². The highest BCUT2D eigenvalue weighted by atomic mass is 16.3. The van der Waals surface area contributed by atoms with Crippen LogP contribution in [0.5, 0.6) is 0 Å². The molecule has 0 bridgehead atoms. The van der Waals surface area contributed by atoms with E-state index in [2.05, 4.69) is 10.3 Å². The molecule has 0 fully saturated rings. The van der Waals surface area contributed by atoms with Gasteiger partial charge in [0, 0.05) is 24.9 Å². The summed E-state index contributed by atoms with van der Waals surface area (Å²) in [6.45, 7) is 2.32. The maximum absolute atomic E-state index is 9.04. The Hall–Kier alpha value is -0.970. The Bertz CT molecular complexity index is 273. The van der Waals surface area contributed by atoms with Crippen LogP contribution in [0.2, 0.25) is 0 Å². The third-order valence-electron chi connectivity index (χ3n) is 2.36. The number of aliphatic hydroxyl groups excluding tert-OH is 2. The molecule has 0 radical (unpaired) electrons. The van der Waals surface area contributed by atoms with Crippen molar-refractivity contribution in [1.29, 1.82) is 0 Å².